The van der Waals surface area contributed by atoms with Gasteiger partial charge in [0.1, 0.15) is 5.76 Å². The highest BCUT2D eigenvalue weighted by atomic mass is 16.3. The molecule has 0 saturated carbocycles. The van der Waals surface area contributed by atoms with Crippen LogP contribution >= 0.6 is 0 Å². The van der Waals surface area contributed by atoms with E-state index in [9.17, 15) is 9.90 Å². The molecule has 0 radical (unpaired) electrons. The molecule has 1 aromatic rings. The zero-order chi connectivity index (χ0) is 16.8. The Morgan fingerprint density at radius 1 is 1.30 bits per heavy atom. The number of aliphatic hydroxyl groups is 1. The Kier molecular flexibility index (Phi) is 6.62. The second-order valence-corrected chi connectivity index (χ2v) is 6.61. The molecule has 1 atom stereocenters. The second-order valence-electron chi connectivity index (χ2n) is 6.61. The fourth-order valence-electron chi connectivity index (χ4n) is 2.85. The van der Waals surface area contributed by atoms with Crippen molar-refractivity contribution in [2.75, 3.05) is 39.3 Å². The number of carbonyl (C=O) groups excluding carboxylic acids is 1. The van der Waals surface area contributed by atoms with Gasteiger partial charge in [-0.1, -0.05) is 0 Å². The average Bonchev–Trinajstić information content (AvgIpc) is 2.99. The molecule has 2 rings (SSSR count). The van der Waals surface area contributed by atoms with Crippen molar-refractivity contribution in [1.82, 2.24) is 14.7 Å². The van der Waals surface area contributed by atoms with Crippen molar-refractivity contribution in [2.45, 2.75) is 39.5 Å². The quantitative estimate of drug-likeness (QED) is 0.812. The van der Waals surface area contributed by atoms with Gasteiger partial charge >= 0.3 is 0 Å². The molecule has 1 saturated heterocycles. The Morgan fingerprint density at radius 3 is 2.52 bits per heavy atom. The lowest BCUT2D eigenvalue weighted by Gasteiger charge is -2.36. The Morgan fingerprint density at radius 2 is 2.00 bits per heavy atom. The minimum atomic E-state index is -0.421. The minimum absolute atomic E-state index is 0.150. The van der Waals surface area contributed by atoms with Gasteiger partial charge in [0.05, 0.1) is 25.5 Å². The molecular weight excluding hydrogens is 294 g/mol. The van der Waals surface area contributed by atoms with E-state index in [0.29, 0.717) is 13.1 Å². The van der Waals surface area contributed by atoms with E-state index in [-0.39, 0.29) is 11.9 Å². The first-order chi connectivity index (χ1) is 11.0. The normalized spacial score (nSPS) is 17.9. The molecule has 0 bridgehead atoms. The average molecular weight is 323 g/mol. The molecule has 0 aliphatic carbocycles. The lowest BCUT2D eigenvalue weighted by atomic mass is 10.2. The number of carbonyl (C=O) groups is 1. The van der Waals surface area contributed by atoms with Crippen LogP contribution in [0.1, 0.15) is 26.5 Å². The molecule has 0 aromatic carbocycles. The van der Waals surface area contributed by atoms with E-state index in [1.807, 2.05) is 21.9 Å². The van der Waals surface area contributed by atoms with Gasteiger partial charge in [-0.3, -0.25) is 14.6 Å². The number of hydrogen-bond donors (Lipinski definition) is 1. The zero-order valence-corrected chi connectivity index (χ0v) is 14.4. The Bertz CT molecular complexity index is 465. The van der Waals surface area contributed by atoms with Crippen molar-refractivity contribution in [2.24, 2.45) is 0 Å². The van der Waals surface area contributed by atoms with Gasteiger partial charge in [-0.25, -0.2) is 0 Å². The molecule has 23 heavy (non-hydrogen) atoms. The lowest BCUT2D eigenvalue weighted by molar-refractivity contribution is -0.135. The summed E-state index contributed by atoms with van der Waals surface area (Å²) in [6.45, 7) is 10.8. The van der Waals surface area contributed by atoms with Gasteiger partial charge < -0.3 is 14.4 Å². The summed E-state index contributed by atoms with van der Waals surface area (Å²) in [6.07, 6.45) is 1.27. The molecule has 6 heteroatoms. The molecule has 1 unspecified atom stereocenters. The summed E-state index contributed by atoms with van der Waals surface area (Å²) in [5.74, 6) is 1.12. The van der Waals surface area contributed by atoms with E-state index in [1.165, 1.54) is 0 Å². The smallest absolute Gasteiger partial charge is 0.236 e. The van der Waals surface area contributed by atoms with Crippen molar-refractivity contribution in [3.05, 3.63) is 24.2 Å². The van der Waals surface area contributed by atoms with E-state index in [2.05, 4.69) is 18.7 Å². The molecule has 6 nitrogen and oxygen atoms in total. The third-order valence-electron chi connectivity index (χ3n) is 4.25. The molecule has 1 aliphatic rings. The van der Waals surface area contributed by atoms with E-state index in [4.69, 9.17) is 4.42 Å². The highest BCUT2D eigenvalue weighted by molar-refractivity contribution is 5.78. The predicted molar refractivity (Wildman–Crippen MR) is 89.0 cm³/mol. The van der Waals surface area contributed by atoms with Crippen molar-refractivity contribution in [3.63, 3.8) is 0 Å². The van der Waals surface area contributed by atoms with Crippen LogP contribution in [0.25, 0.3) is 0 Å². The number of piperazine rings is 1. The fourth-order valence-corrected chi connectivity index (χ4v) is 2.85. The van der Waals surface area contributed by atoms with Crippen LogP contribution in [0.2, 0.25) is 0 Å². The maximum atomic E-state index is 12.5. The molecular formula is C17H29N3O3. The number of furan rings is 1. The summed E-state index contributed by atoms with van der Waals surface area (Å²) in [5.41, 5.74) is 0. The fraction of sp³-hybridized carbons (Fsp3) is 0.706. The van der Waals surface area contributed by atoms with Gasteiger partial charge in [0.25, 0.3) is 0 Å². The monoisotopic (exact) mass is 323 g/mol. The number of aliphatic hydroxyl groups excluding tert-OH is 1. The number of amides is 1. The van der Waals surface area contributed by atoms with Gasteiger partial charge in [0, 0.05) is 38.8 Å². The topological polar surface area (TPSA) is 60.2 Å². The van der Waals surface area contributed by atoms with Crippen molar-refractivity contribution in [1.29, 1.82) is 0 Å². The highest BCUT2D eigenvalue weighted by Crippen LogP contribution is 2.10. The molecule has 1 fully saturated rings. The van der Waals surface area contributed by atoms with Crippen LogP contribution < -0.4 is 0 Å². The van der Waals surface area contributed by atoms with E-state index >= 15 is 0 Å². The first kappa shape index (κ1) is 18.0. The Balaban J connectivity index is 1.78. The number of hydrogen-bond acceptors (Lipinski definition) is 5. The highest BCUT2D eigenvalue weighted by Gasteiger charge is 2.24. The minimum Gasteiger partial charge on any atom is -0.468 e. The van der Waals surface area contributed by atoms with Crippen LogP contribution in [-0.4, -0.2) is 77.1 Å². The summed E-state index contributed by atoms with van der Waals surface area (Å²) >= 11 is 0. The Hall–Kier alpha value is -1.37. The van der Waals surface area contributed by atoms with Gasteiger partial charge in [-0.15, -0.1) is 0 Å². The third-order valence-corrected chi connectivity index (χ3v) is 4.25. The third kappa shape index (κ3) is 5.64. The van der Waals surface area contributed by atoms with E-state index in [1.54, 1.807) is 13.2 Å². The standard InChI is InChI=1S/C17H29N3O3/c1-14(2)20(11-15(3)21)13-17(22)19-8-6-18(7-9-19)12-16-5-4-10-23-16/h4-5,10,14-15,21H,6-9,11-13H2,1-3H3. The van der Waals surface area contributed by atoms with Crippen LogP contribution in [0.15, 0.2) is 22.8 Å². The maximum absolute atomic E-state index is 12.5. The van der Waals surface area contributed by atoms with Crippen LogP contribution in [0.4, 0.5) is 0 Å². The molecule has 1 aliphatic heterocycles. The summed E-state index contributed by atoms with van der Waals surface area (Å²) in [7, 11) is 0. The van der Waals surface area contributed by atoms with Gasteiger partial charge in [-0.05, 0) is 32.9 Å². The number of rotatable bonds is 7. The molecule has 0 spiro atoms. The predicted octanol–water partition coefficient (Wildman–Crippen LogP) is 1.02. The van der Waals surface area contributed by atoms with E-state index < -0.39 is 6.10 Å². The van der Waals surface area contributed by atoms with E-state index in [0.717, 1.165) is 38.5 Å². The zero-order valence-electron chi connectivity index (χ0n) is 14.4. The van der Waals surface area contributed by atoms with Crippen molar-refractivity contribution in [3.8, 4) is 0 Å². The maximum Gasteiger partial charge on any atom is 0.236 e. The first-order valence-electron chi connectivity index (χ1n) is 8.40. The van der Waals surface area contributed by atoms with Crippen LogP contribution in [-0.2, 0) is 11.3 Å². The van der Waals surface area contributed by atoms with Crippen molar-refractivity contribution < 1.29 is 14.3 Å². The summed E-state index contributed by atoms with van der Waals surface area (Å²) in [6, 6.07) is 4.13. The summed E-state index contributed by atoms with van der Waals surface area (Å²) in [4.78, 5) is 18.7. The van der Waals surface area contributed by atoms with Gasteiger partial charge in [-0.2, -0.15) is 0 Å². The van der Waals surface area contributed by atoms with Gasteiger partial charge in [0.2, 0.25) is 5.91 Å². The van der Waals surface area contributed by atoms with Crippen LogP contribution in [0.3, 0.4) is 0 Å². The molecule has 1 amide bonds. The molecule has 1 aromatic heterocycles. The number of nitrogens with zero attached hydrogens (tertiary/aromatic N) is 3. The SMILES string of the molecule is CC(O)CN(CC(=O)N1CCN(Cc2ccco2)CC1)C(C)C. The second kappa shape index (κ2) is 8.47. The Labute approximate surface area is 138 Å². The first-order valence-corrected chi connectivity index (χ1v) is 8.40. The van der Waals surface area contributed by atoms with Crippen molar-refractivity contribution >= 4 is 5.91 Å². The molecule has 1 N–H and O–H groups in total. The molecule has 2 heterocycles. The summed E-state index contributed by atoms with van der Waals surface area (Å²) in [5, 5.41) is 9.57. The van der Waals surface area contributed by atoms with Gasteiger partial charge in [0.15, 0.2) is 0 Å². The molecule has 130 valence electrons. The van der Waals surface area contributed by atoms with Crippen LogP contribution in [0, 0.1) is 0 Å². The largest absolute Gasteiger partial charge is 0.468 e. The summed E-state index contributed by atoms with van der Waals surface area (Å²) < 4.78 is 5.37. The lowest BCUT2D eigenvalue weighted by Crippen LogP contribution is -2.52. The van der Waals surface area contributed by atoms with Crippen LogP contribution in [0.5, 0.6) is 0 Å².